The van der Waals surface area contributed by atoms with Crippen molar-refractivity contribution in [2.75, 3.05) is 0 Å². The molecule has 19 heavy (non-hydrogen) atoms. The van der Waals surface area contributed by atoms with Crippen LogP contribution in [0.4, 0.5) is 0 Å². The Morgan fingerprint density at radius 1 is 0.895 bits per heavy atom. The first-order chi connectivity index (χ1) is 9.16. The number of aryl methyl sites for hydroxylation is 1. The monoisotopic (exact) mass is 254 g/mol. The Bertz CT molecular complexity index is 501. The molecule has 0 bridgehead atoms. The molecule has 100 valence electrons. The van der Waals surface area contributed by atoms with Crippen LogP contribution in [0.3, 0.4) is 0 Å². The van der Waals surface area contributed by atoms with Crippen LogP contribution in [0.5, 0.6) is 0 Å². The molecular formula is C18H22O. The molecule has 2 aromatic carbocycles. The maximum Gasteiger partial charge on any atom is 0.115 e. The third-order valence-corrected chi connectivity index (χ3v) is 3.67. The van der Waals surface area contributed by atoms with Crippen molar-refractivity contribution in [2.24, 2.45) is 0 Å². The lowest BCUT2D eigenvalue weighted by Gasteiger charge is -2.29. The zero-order valence-corrected chi connectivity index (χ0v) is 11.8. The van der Waals surface area contributed by atoms with Gasteiger partial charge >= 0.3 is 0 Å². The Morgan fingerprint density at radius 3 is 2.05 bits per heavy atom. The molecule has 1 nitrogen and oxygen atoms in total. The van der Waals surface area contributed by atoms with E-state index in [0.717, 1.165) is 30.4 Å². The van der Waals surface area contributed by atoms with Gasteiger partial charge in [-0.1, -0.05) is 79.9 Å². The van der Waals surface area contributed by atoms with Gasteiger partial charge in [0.25, 0.3) is 0 Å². The number of hydrogen-bond acceptors (Lipinski definition) is 1. The summed E-state index contributed by atoms with van der Waals surface area (Å²) in [6, 6.07) is 18.2. The minimum atomic E-state index is -0.870. The number of benzene rings is 2. The molecule has 0 amide bonds. The van der Waals surface area contributed by atoms with Crippen molar-refractivity contribution in [1.82, 2.24) is 0 Å². The van der Waals surface area contributed by atoms with Crippen LogP contribution in [0.25, 0.3) is 0 Å². The maximum atomic E-state index is 11.2. The SMILES string of the molecule is CCCCC(O)(c1ccccc1)c1ccc(C)cc1. The van der Waals surface area contributed by atoms with E-state index >= 15 is 0 Å². The summed E-state index contributed by atoms with van der Waals surface area (Å²) < 4.78 is 0. The minimum absolute atomic E-state index is 0.760. The first-order valence-electron chi connectivity index (χ1n) is 7.02. The summed E-state index contributed by atoms with van der Waals surface area (Å²) in [5.74, 6) is 0. The van der Waals surface area contributed by atoms with Crippen LogP contribution in [0, 0.1) is 6.92 Å². The van der Waals surface area contributed by atoms with Crippen LogP contribution in [-0.4, -0.2) is 5.11 Å². The third kappa shape index (κ3) is 3.05. The van der Waals surface area contributed by atoms with E-state index < -0.39 is 5.60 Å². The van der Waals surface area contributed by atoms with Gasteiger partial charge in [0.2, 0.25) is 0 Å². The Labute approximate surface area is 115 Å². The van der Waals surface area contributed by atoms with E-state index in [9.17, 15) is 5.11 Å². The van der Waals surface area contributed by atoms with E-state index in [1.165, 1.54) is 5.56 Å². The van der Waals surface area contributed by atoms with Crippen molar-refractivity contribution < 1.29 is 5.11 Å². The molecule has 0 aliphatic heterocycles. The van der Waals surface area contributed by atoms with Crippen LogP contribution in [0.2, 0.25) is 0 Å². The lowest BCUT2D eigenvalue weighted by molar-refractivity contribution is 0.0684. The average Bonchev–Trinajstić information content (AvgIpc) is 2.46. The third-order valence-electron chi connectivity index (χ3n) is 3.67. The van der Waals surface area contributed by atoms with E-state index in [1.54, 1.807) is 0 Å². The van der Waals surface area contributed by atoms with Gasteiger partial charge in [0.15, 0.2) is 0 Å². The van der Waals surface area contributed by atoms with Crippen LogP contribution < -0.4 is 0 Å². The van der Waals surface area contributed by atoms with E-state index in [1.807, 2.05) is 42.5 Å². The second-order valence-corrected chi connectivity index (χ2v) is 5.20. The lowest BCUT2D eigenvalue weighted by atomic mass is 9.82. The van der Waals surface area contributed by atoms with Crippen molar-refractivity contribution in [2.45, 2.75) is 38.7 Å². The van der Waals surface area contributed by atoms with E-state index in [0.29, 0.717) is 0 Å². The smallest absolute Gasteiger partial charge is 0.115 e. The fourth-order valence-electron chi connectivity index (χ4n) is 2.43. The normalized spacial score (nSPS) is 14.1. The molecule has 0 fully saturated rings. The van der Waals surface area contributed by atoms with Crippen LogP contribution in [0.15, 0.2) is 54.6 Å². The van der Waals surface area contributed by atoms with Gasteiger partial charge in [-0.15, -0.1) is 0 Å². The fourth-order valence-corrected chi connectivity index (χ4v) is 2.43. The molecule has 1 atom stereocenters. The predicted octanol–water partition coefficient (Wildman–Crippen LogP) is 4.42. The molecule has 0 aliphatic rings. The number of rotatable bonds is 5. The van der Waals surface area contributed by atoms with Crippen molar-refractivity contribution in [3.05, 3.63) is 71.3 Å². The van der Waals surface area contributed by atoms with Crippen LogP contribution in [0.1, 0.15) is 42.9 Å². The largest absolute Gasteiger partial charge is 0.380 e. The van der Waals surface area contributed by atoms with Gasteiger partial charge in [-0.3, -0.25) is 0 Å². The van der Waals surface area contributed by atoms with Gasteiger partial charge in [-0.25, -0.2) is 0 Å². The summed E-state index contributed by atoms with van der Waals surface area (Å²) >= 11 is 0. The molecule has 0 heterocycles. The summed E-state index contributed by atoms with van der Waals surface area (Å²) in [5, 5.41) is 11.2. The molecule has 0 aliphatic carbocycles. The second kappa shape index (κ2) is 6.03. The van der Waals surface area contributed by atoms with Gasteiger partial charge in [0.1, 0.15) is 5.60 Å². The molecule has 2 rings (SSSR count). The van der Waals surface area contributed by atoms with Crippen LogP contribution in [-0.2, 0) is 5.60 Å². The first-order valence-corrected chi connectivity index (χ1v) is 7.02. The quantitative estimate of drug-likeness (QED) is 0.837. The number of aliphatic hydroxyl groups is 1. The molecule has 0 saturated carbocycles. The highest BCUT2D eigenvalue weighted by atomic mass is 16.3. The average molecular weight is 254 g/mol. The zero-order valence-electron chi connectivity index (χ0n) is 11.8. The van der Waals surface area contributed by atoms with Gasteiger partial charge in [0.05, 0.1) is 0 Å². The molecule has 1 heteroatoms. The molecule has 0 spiro atoms. The zero-order chi connectivity index (χ0) is 13.7. The minimum Gasteiger partial charge on any atom is -0.380 e. The van der Waals surface area contributed by atoms with Crippen molar-refractivity contribution in [1.29, 1.82) is 0 Å². The summed E-state index contributed by atoms with van der Waals surface area (Å²) in [6.07, 6.45) is 2.86. The van der Waals surface area contributed by atoms with E-state index in [2.05, 4.69) is 26.0 Å². The molecular weight excluding hydrogens is 232 g/mol. The molecule has 0 radical (unpaired) electrons. The summed E-state index contributed by atoms with van der Waals surface area (Å²) in [7, 11) is 0. The second-order valence-electron chi connectivity index (χ2n) is 5.20. The summed E-state index contributed by atoms with van der Waals surface area (Å²) in [4.78, 5) is 0. The molecule has 2 aromatic rings. The molecule has 0 saturated heterocycles. The topological polar surface area (TPSA) is 20.2 Å². The first kappa shape index (κ1) is 13.8. The summed E-state index contributed by atoms with van der Waals surface area (Å²) in [5.41, 5.74) is 2.31. The van der Waals surface area contributed by atoms with Crippen molar-refractivity contribution >= 4 is 0 Å². The molecule has 1 unspecified atom stereocenters. The highest BCUT2D eigenvalue weighted by Gasteiger charge is 2.30. The standard InChI is InChI=1S/C18H22O/c1-3-4-14-18(19,16-8-6-5-7-9-16)17-12-10-15(2)11-13-17/h5-13,19H,3-4,14H2,1-2H3. The molecule has 1 N–H and O–H groups in total. The van der Waals surface area contributed by atoms with Gasteiger partial charge in [-0.05, 0) is 24.5 Å². The molecule has 0 aromatic heterocycles. The van der Waals surface area contributed by atoms with E-state index in [4.69, 9.17) is 0 Å². The predicted molar refractivity (Wildman–Crippen MR) is 80.1 cm³/mol. The van der Waals surface area contributed by atoms with Crippen molar-refractivity contribution in [3.8, 4) is 0 Å². The lowest BCUT2D eigenvalue weighted by Crippen LogP contribution is -2.27. The Kier molecular flexibility index (Phi) is 4.39. The Morgan fingerprint density at radius 2 is 1.47 bits per heavy atom. The Hall–Kier alpha value is -1.60. The Balaban J connectivity index is 2.42. The summed E-state index contributed by atoms with van der Waals surface area (Å²) in [6.45, 7) is 4.22. The maximum absolute atomic E-state index is 11.2. The van der Waals surface area contributed by atoms with Crippen molar-refractivity contribution in [3.63, 3.8) is 0 Å². The van der Waals surface area contributed by atoms with E-state index in [-0.39, 0.29) is 0 Å². The number of unbranched alkanes of at least 4 members (excludes halogenated alkanes) is 1. The van der Waals surface area contributed by atoms with Gasteiger partial charge in [-0.2, -0.15) is 0 Å². The van der Waals surface area contributed by atoms with Gasteiger partial charge < -0.3 is 5.11 Å². The number of hydrogen-bond donors (Lipinski definition) is 1. The highest BCUT2D eigenvalue weighted by molar-refractivity contribution is 5.37. The fraction of sp³-hybridized carbons (Fsp3) is 0.333. The highest BCUT2D eigenvalue weighted by Crippen LogP contribution is 2.34. The van der Waals surface area contributed by atoms with Gasteiger partial charge in [0, 0.05) is 0 Å². The van der Waals surface area contributed by atoms with Crippen LogP contribution >= 0.6 is 0 Å².